The highest BCUT2D eigenvalue weighted by molar-refractivity contribution is 6.55. The van der Waals surface area contributed by atoms with E-state index >= 15 is 0 Å². The van der Waals surface area contributed by atoms with E-state index in [1.807, 2.05) is 6.92 Å². The number of carbonyl (C=O) groups is 3. The van der Waals surface area contributed by atoms with Gasteiger partial charge in [-0.1, -0.05) is 12.1 Å². The first-order valence-corrected chi connectivity index (χ1v) is 7.85. The second kappa shape index (κ2) is 9.22. The summed E-state index contributed by atoms with van der Waals surface area (Å²) in [6, 6.07) is 6.63. The van der Waals surface area contributed by atoms with Crippen LogP contribution < -0.4 is 4.74 Å². The normalized spacial score (nSPS) is 11.0. The van der Waals surface area contributed by atoms with Gasteiger partial charge < -0.3 is 14.2 Å². The molecule has 0 aromatic heterocycles. The summed E-state index contributed by atoms with van der Waals surface area (Å²) in [5.41, 5.74) is -0.105. The zero-order valence-electron chi connectivity index (χ0n) is 14.6. The lowest BCUT2D eigenvalue weighted by molar-refractivity contribution is -0.143. The summed E-state index contributed by atoms with van der Waals surface area (Å²) >= 11 is 0. The van der Waals surface area contributed by atoms with Crippen molar-refractivity contribution in [3.05, 3.63) is 29.8 Å². The highest BCUT2D eigenvalue weighted by atomic mass is 16.5. The van der Waals surface area contributed by atoms with Crippen LogP contribution in [0, 0.1) is 0 Å². The minimum absolute atomic E-state index is 0.00939. The lowest BCUT2D eigenvalue weighted by atomic mass is 9.99. The van der Waals surface area contributed by atoms with Gasteiger partial charge in [-0.05, 0) is 38.5 Å². The van der Waals surface area contributed by atoms with Gasteiger partial charge in [-0.2, -0.15) is 0 Å². The van der Waals surface area contributed by atoms with E-state index < -0.39 is 11.6 Å². The average Bonchev–Trinajstić information content (AvgIpc) is 2.51. The number of Topliss-reactive ketones (excluding diaryl/α,β-unsaturated/α-hetero) is 1. The Labute approximate surface area is 142 Å². The maximum atomic E-state index is 12.0. The number of hydrogen-bond acceptors (Lipinski definition) is 6. The first kappa shape index (κ1) is 19.9. The molecule has 0 radical (unpaired) electrons. The first-order chi connectivity index (χ1) is 11.2. The highest BCUT2D eigenvalue weighted by Crippen LogP contribution is 2.16. The highest BCUT2D eigenvalue weighted by Gasteiger charge is 2.27. The SMILES string of the molecule is BC(=O)OCc1ccc(OC(=O)CCC(=O)C(C)(C)OCC)cc1. The second-order valence-electron chi connectivity index (χ2n) is 5.76. The van der Waals surface area contributed by atoms with Gasteiger partial charge in [0.2, 0.25) is 13.7 Å². The Morgan fingerprint density at radius 1 is 1.08 bits per heavy atom. The molecule has 0 amide bonds. The molecule has 0 spiro atoms. The maximum Gasteiger partial charge on any atom is 0.311 e. The molecule has 0 aliphatic heterocycles. The average molecular weight is 334 g/mol. The van der Waals surface area contributed by atoms with Gasteiger partial charge >= 0.3 is 5.97 Å². The lowest BCUT2D eigenvalue weighted by Crippen LogP contribution is -2.35. The summed E-state index contributed by atoms with van der Waals surface area (Å²) in [5.74, 6) is -0.602. The van der Waals surface area contributed by atoms with Crippen LogP contribution in [0.25, 0.3) is 0 Å². The maximum absolute atomic E-state index is 12.0. The van der Waals surface area contributed by atoms with Gasteiger partial charge in [-0.25, -0.2) is 0 Å². The Morgan fingerprint density at radius 2 is 1.71 bits per heavy atom. The third-order valence-corrected chi connectivity index (χ3v) is 3.33. The predicted molar refractivity (Wildman–Crippen MR) is 90.8 cm³/mol. The second-order valence-corrected chi connectivity index (χ2v) is 5.76. The molecule has 0 atom stereocenters. The van der Waals surface area contributed by atoms with E-state index in [1.165, 1.54) is 7.85 Å². The number of carbonyl (C=O) groups excluding carboxylic acids is 3. The van der Waals surface area contributed by atoms with Gasteiger partial charge in [0.1, 0.15) is 18.0 Å². The molecule has 0 bridgehead atoms. The third-order valence-electron chi connectivity index (χ3n) is 3.33. The molecule has 1 aromatic rings. The van der Waals surface area contributed by atoms with Crippen molar-refractivity contribution in [3.8, 4) is 5.75 Å². The standard InChI is InChI=1S/C17H23BO6/c1-4-23-17(2,3)14(19)9-10-15(20)24-13-7-5-12(6-8-13)11-22-16(18)21/h5-8H,4,9-11,18H2,1-3H3. The molecule has 0 saturated carbocycles. The molecule has 0 aliphatic carbocycles. The predicted octanol–water partition coefficient (Wildman–Crippen LogP) is 2.03. The van der Waals surface area contributed by atoms with Gasteiger partial charge in [0.05, 0.1) is 6.42 Å². The largest absolute Gasteiger partial charge is 0.469 e. The smallest absolute Gasteiger partial charge is 0.311 e. The molecule has 1 aromatic carbocycles. The van der Waals surface area contributed by atoms with Gasteiger partial charge in [0.25, 0.3) is 0 Å². The third kappa shape index (κ3) is 6.96. The summed E-state index contributed by atoms with van der Waals surface area (Å²) in [6.45, 7) is 5.79. The minimum Gasteiger partial charge on any atom is -0.469 e. The van der Waals surface area contributed by atoms with Crippen LogP contribution in [0.5, 0.6) is 5.75 Å². The fraction of sp³-hybridized carbons (Fsp3) is 0.471. The van der Waals surface area contributed by atoms with Gasteiger partial charge in [-0.3, -0.25) is 14.4 Å². The molecule has 0 N–H and O–H groups in total. The van der Waals surface area contributed by atoms with Crippen LogP contribution in [0.4, 0.5) is 4.79 Å². The van der Waals surface area contributed by atoms with E-state index in [1.54, 1.807) is 38.1 Å². The quantitative estimate of drug-likeness (QED) is 0.391. The van der Waals surface area contributed by atoms with Crippen LogP contribution in [0.2, 0.25) is 0 Å². The summed E-state index contributed by atoms with van der Waals surface area (Å²) < 4.78 is 15.4. The molecule has 1 rings (SSSR count). The molecular weight excluding hydrogens is 311 g/mol. The van der Waals surface area contributed by atoms with E-state index in [2.05, 4.69) is 0 Å². The van der Waals surface area contributed by atoms with Crippen molar-refractivity contribution in [3.63, 3.8) is 0 Å². The van der Waals surface area contributed by atoms with Gasteiger partial charge in [-0.15, -0.1) is 0 Å². The zero-order valence-corrected chi connectivity index (χ0v) is 14.6. The van der Waals surface area contributed by atoms with Crippen molar-refractivity contribution in [2.75, 3.05) is 6.61 Å². The Bertz CT molecular complexity index is 579. The molecule has 7 heteroatoms. The van der Waals surface area contributed by atoms with Crippen LogP contribution in [0.15, 0.2) is 24.3 Å². The summed E-state index contributed by atoms with van der Waals surface area (Å²) in [7, 11) is 1.34. The van der Waals surface area contributed by atoms with Crippen molar-refractivity contribution in [1.29, 1.82) is 0 Å². The topological polar surface area (TPSA) is 78.9 Å². The number of esters is 1. The van der Waals surface area contributed by atoms with Crippen LogP contribution in [-0.4, -0.2) is 37.7 Å². The Hall–Kier alpha value is -2.15. The monoisotopic (exact) mass is 334 g/mol. The van der Waals surface area contributed by atoms with Crippen molar-refractivity contribution in [1.82, 2.24) is 0 Å². The van der Waals surface area contributed by atoms with Crippen molar-refractivity contribution in [2.24, 2.45) is 0 Å². The molecule has 0 saturated heterocycles. The van der Waals surface area contributed by atoms with Crippen LogP contribution in [-0.2, 0) is 25.7 Å². The molecule has 0 aliphatic rings. The van der Waals surface area contributed by atoms with Crippen molar-refractivity contribution in [2.45, 2.75) is 45.8 Å². The molecule has 0 heterocycles. The van der Waals surface area contributed by atoms with Crippen LogP contribution in [0.1, 0.15) is 39.2 Å². The number of ether oxygens (including phenoxy) is 3. The fourth-order valence-corrected chi connectivity index (χ4v) is 1.98. The van der Waals surface area contributed by atoms with E-state index in [4.69, 9.17) is 14.2 Å². The van der Waals surface area contributed by atoms with E-state index in [0.29, 0.717) is 12.4 Å². The molecule has 24 heavy (non-hydrogen) atoms. The summed E-state index contributed by atoms with van der Waals surface area (Å²) in [5, 5.41) is 0. The molecule has 0 unspecified atom stereocenters. The number of benzene rings is 1. The Balaban J connectivity index is 2.45. The molecular formula is C17H23BO6. The Kier molecular flexibility index (Phi) is 7.65. The minimum atomic E-state index is -0.895. The summed E-state index contributed by atoms with van der Waals surface area (Å²) in [4.78, 5) is 34.6. The van der Waals surface area contributed by atoms with Gasteiger partial charge in [0.15, 0.2) is 5.78 Å². The number of hydrogen-bond donors (Lipinski definition) is 0. The molecule has 6 nitrogen and oxygen atoms in total. The van der Waals surface area contributed by atoms with Crippen molar-refractivity contribution < 1.29 is 28.6 Å². The van der Waals surface area contributed by atoms with Crippen LogP contribution in [0.3, 0.4) is 0 Å². The van der Waals surface area contributed by atoms with E-state index in [-0.39, 0.29) is 31.1 Å². The van der Waals surface area contributed by atoms with Crippen LogP contribution >= 0.6 is 0 Å². The van der Waals surface area contributed by atoms with E-state index in [9.17, 15) is 14.4 Å². The number of ketones is 1. The van der Waals surface area contributed by atoms with E-state index in [0.717, 1.165) is 5.56 Å². The fourth-order valence-electron chi connectivity index (χ4n) is 1.98. The lowest BCUT2D eigenvalue weighted by Gasteiger charge is -2.22. The Morgan fingerprint density at radius 3 is 2.25 bits per heavy atom. The molecule has 130 valence electrons. The zero-order chi connectivity index (χ0) is 18.2. The first-order valence-electron chi connectivity index (χ1n) is 7.85. The van der Waals surface area contributed by atoms with Crippen molar-refractivity contribution >= 4 is 25.5 Å². The molecule has 0 fully saturated rings. The van der Waals surface area contributed by atoms with Gasteiger partial charge in [0, 0.05) is 13.0 Å². The summed E-state index contributed by atoms with van der Waals surface area (Å²) in [6.07, 6.45) is 0.0565. The number of rotatable bonds is 9.